The molecule has 0 spiro atoms. The van der Waals surface area contributed by atoms with E-state index in [4.69, 9.17) is 11.6 Å². The molecule has 4 heterocycles. The van der Waals surface area contributed by atoms with Crippen molar-refractivity contribution >= 4 is 29.1 Å². The van der Waals surface area contributed by atoms with Crippen LogP contribution in [-0.4, -0.2) is 62.0 Å². The van der Waals surface area contributed by atoms with Crippen molar-refractivity contribution in [2.45, 2.75) is 49.8 Å². The molecular weight excluding hydrogens is 533 g/mol. The molecule has 6 rings (SSSR count). The Morgan fingerprint density at radius 3 is 2.59 bits per heavy atom. The first-order valence-corrected chi connectivity index (χ1v) is 13.2. The van der Waals surface area contributed by atoms with Crippen LogP contribution >= 0.6 is 11.6 Å². The molecule has 206 valence electrons. The smallest absolute Gasteiger partial charge is 0.254 e. The molecule has 1 aliphatic carbocycles. The van der Waals surface area contributed by atoms with E-state index in [0.717, 1.165) is 6.42 Å². The molecule has 1 aromatic carbocycles. The zero-order chi connectivity index (χ0) is 27.7. The van der Waals surface area contributed by atoms with Crippen molar-refractivity contribution < 1.29 is 23.1 Å². The van der Waals surface area contributed by atoms with Gasteiger partial charge in [0.2, 0.25) is 0 Å². The SMILES string of the molecule is Cn1cc(F)c(N2Cc3cnc(NC4CN(C(=O)C5(O)CCC5)C4)c(F)c3[C@@](C)(c3cccc(Cl)c3F)C2)n1. The first kappa shape index (κ1) is 25.9. The van der Waals surface area contributed by atoms with Gasteiger partial charge in [-0.1, -0.05) is 23.7 Å². The van der Waals surface area contributed by atoms with Crippen LogP contribution in [0, 0.1) is 17.5 Å². The van der Waals surface area contributed by atoms with E-state index in [0.29, 0.717) is 31.5 Å². The van der Waals surface area contributed by atoms with E-state index in [1.807, 2.05) is 0 Å². The molecule has 0 bridgehead atoms. The number of amides is 1. The van der Waals surface area contributed by atoms with Gasteiger partial charge in [0.1, 0.15) is 11.4 Å². The molecule has 0 radical (unpaired) electrons. The monoisotopic (exact) mass is 560 g/mol. The highest BCUT2D eigenvalue weighted by Gasteiger charge is 2.48. The van der Waals surface area contributed by atoms with Crippen LogP contribution in [0.2, 0.25) is 5.02 Å². The molecule has 1 saturated carbocycles. The normalized spacial score (nSPS) is 22.2. The van der Waals surface area contributed by atoms with Gasteiger partial charge in [0, 0.05) is 56.0 Å². The fraction of sp³-hybridized carbons (Fsp3) is 0.444. The van der Waals surface area contributed by atoms with Gasteiger partial charge in [-0.05, 0) is 37.8 Å². The van der Waals surface area contributed by atoms with Gasteiger partial charge in [0.15, 0.2) is 23.3 Å². The third kappa shape index (κ3) is 4.13. The molecule has 39 heavy (non-hydrogen) atoms. The van der Waals surface area contributed by atoms with Gasteiger partial charge in [0.05, 0.1) is 17.3 Å². The highest BCUT2D eigenvalue weighted by atomic mass is 35.5. The van der Waals surface area contributed by atoms with Crippen molar-refractivity contribution in [3.8, 4) is 0 Å². The van der Waals surface area contributed by atoms with Crippen LogP contribution in [0.25, 0.3) is 0 Å². The van der Waals surface area contributed by atoms with Crippen LogP contribution in [-0.2, 0) is 23.8 Å². The van der Waals surface area contributed by atoms with E-state index in [2.05, 4.69) is 15.4 Å². The summed E-state index contributed by atoms with van der Waals surface area (Å²) in [5.74, 6) is -2.10. The first-order chi connectivity index (χ1) is 18.5. The minimum absolute atomic E-state index is 0.0145. The second-order valence-corrected chi connectivity index (χ2v) is 11.4. The van der Waals surface area contributed by atoms with Crippen LogP contribution in [0.5, 0.6) is 0 Å². The quantitative estimate of drug-likeness (QED) is 0.494. The molecule has 3 aliphatic rings. The molecule has 0 unspecified atom stereocenters. The van der Waals surface area contributed by atoms with E-state index in [-0.39, 0.29) is 52.8 Å². The number of aromatic nitrogens is 3. The average molecular weight is 561 g/mol. The lowest BCUT2D eigenvalue weighted by molar-refractivity contribution is -0.164. The van der Waals surface area contributed by atoms with Crippen molar-refractivity contribution in [2.75, 3.05) is 29.9 Å². The number of carbonyl (C=O) groups excluding carboxylic acids is 1. The third-order valence-electron chi connectivity index (χ3n) is 8.22. The number of nitrogens with zero attached hydrogens (tertiary/aromatic N) is 5. The standard InChI is InChI=1S/C27H28ClF3N6O2/c1-26(17-5-3-6-18(28)21(17)30)14-37(24-19(29)13-35(2)34-24)10-15-9-32-23(22(31)20(15)26)33-16-11-36(12-16)25(38)27(39)7-4-8-27/h3,5-6,9,13,16,39H,4,7-8,10-12,14H2,1-2H3,(H,32,33)/t26-/m1/s1. The summed E-state index contributed by atoms with van der Waals surface area (Å²) in [7, 11) is 1.60. The minimum Gasteiger partial charge on any atom is -0.380 e. The van der Waals surface area contributed by atoms with Crippen LogP contribution in [0.3, 0.4) is 0 Å². The van der Waals surface area contributed by atoms with Gasteiger partial charge in [-0.25, -0.2) is 18.2 Å². The summed E-state index contributed by atoms with van der Waals surface area (Å²) in [6.45, 7) is 2.48. The summed E-state index contributed by atoms with van der Waals surface area (Å²) >= 11 is 6.12. The molecule has 2 aliphatic heterocycles. The number of fused-ring (bicyclic) bond motifs is 1. The number of hydrogen-bond acceptors (Lipinski definition) is 6. The third-order valence-corrected chi connectivity index (χ3v) is 8.51. The Morgan fingerprint density at radius 2 is 1.95 bits per heavy atom. The van der Waals surface area contributed by atoms with Gasteiger partial charge in [-0.15, -0.1) is 0 Å². The number of carbonyl (C=O) groups is 1. The summed E-state index contributed by atoms with van der Waals surface area (Å²) in [6.07, 6.45) is 4.48. The highest BCUT2D eigenvalue weighted by molar-refractivity contribution is 6.30. The number of halogens is 4. The van der Waals surface area contributed by atoms with E-state index in [1.165, 1.54) is 23.1 Å². The van der Waals surface area contributed by atoms with Crippen LogP contribution in [0.4, 0.5) is 24.8 Å². The zero-order valence-electron chi connectivity index (χ0n) is 21.5. The molecule has 1 amide bonds. The predicted molar refractivity (Wildman–Crippen MR) is 139 cm³/mol. The fourth-order valence-corrected chi connectivity index (χ4v) is 6.15. The van der Waals surface area contributed by atoms with Crippen molar-refractivity contribution in [1.29, 1.82) is 0 Å². The van der Waals surface area contributed by atoms with Crippen molar-refractivity contribution in [3.63, 3.8) is 0 Å². The van der Waals surface area contributed by atoms with Crippen LogP contribution < -0.4 is 10.2 Å². The van der Waals surface area contributed by atoms with Gasteiger partial charge >= 0.3 is 0 Å². The minimum atomic E-state index is -1.28. The highest BCUT2D eigenvalue weighted by Crippen LogP contribution is 2.45. The summed E-state index contributed by atoms with van der Waals surface area (Å²) in [5.41, 5.74) is -1.67. The van der Waals surface area contributed by atoms with Gasteiger partial charge in [-0.3, -0.25) is 9.48 Å². The lowest BCUT2D eigenvalue weighted by Gasteiger charge is -2.46. The zero-order valence-corrected chi connectivity index (χ0v) is 22.3. The molecule has 2 aromatic heterocycles. The topological polar surface area (TPSA) is 86.5 Å². The van der Waals surface area contributed by atoms with E-state index < -0.39 is 28.5 Å². The van der Waals surface area contributed by atoms with Crippen LogP contribution in [0.1, 0.15) is 42.9 Å². The predicted octanol–water partition coefficient (Wildman–Crippen LogP) is 3.75. The lowest BCUT2D eigenvalue weighted by Crippen LogP contribution is -2.64. The van der Waals surface area contributed by atoms with Crippen LogP contribution in [0.15, 0.2) is 30.6 Å². The Hall–Kier alpha value is -3.31. The number of hydrogen-bond donors (Lipinski definition) is 2. The summed E-state index contributed by atoms with van der Waals surface area (Å²) in [6, 6.07) is 4.31. The van der Waals surface area contributed by atoms with Gasteiger partial charge < -0.3 is 20.2 Å². The maximum atomic E-state index is 16.3. The molecule has 8 nitrogen and oxygen atoms in total. The second kappa shape index (κ2) is 9.12. The number of rotatable bonds is 5. The number of benzene rings is 1. The lowest BCUT2D eigenvalue weighted by atomic mass is 9.71. The number of anilines is 2. The van der Waals surface area contributed by atoms with Gasteiger partial charge in [-0.2, -0.15) is 5.10 Å². The van der Waals surface area contributed by atoms with E-state index in [9.17, 15) is 14.3 Å². The second-order valence-electron chi connectivity index (χ2n) is 11.0. The number of nitrogens with one attached hydrogen (secondary N) is 1. The Bertz CT molecular complexity index is 1470. The van der Waals surface area contributed by atoms with Crippen molar-refractivity contribution in [3.05, 3.63) is 69.8 Å². The summed E-state index contributed by atoms with van der Waals surface area (Å²) in [5, 5.41) is 17.5. The maximum Gasteiger partial charge on any atom is 0.254 e. The Morgan fingerprint density at radius 1 is 1.21 bits per heavy atom. The number of pyridine rings is 1. The number of aryl methyl sites for hydroxylation is 1. The number of likely N-dealkylation sites (tertiary alicyclic amines) is 1. The summed E-state index contributed by atoms with van der Waals surface area (Å²) < 4.78 is 47.8. The Balaban J connectivity index is 1.34. The molecule has 2 fully saturated rings. The molecular formula is C27H28ClF3N6O2. The molecule has 1 atom stereocenters. The Kier molecular flexibility index (Phi) is 6.07. The molecule has 3 aromatic rings. The van der Waals surface area contributed by atoms with Crippen molar-refractivity contribution in [1.82, 2.24) is 19.7 Å². The molecule has 2 N–H and O–H groups in total. The van der Waals surface area contributed by atoms with Gasteiger partial charge in [0.25, 0.3) is 5.91 Å². The fourth-order valence-electron chi connectivity index (χ4n) is 5.97. The maximum absolute atomic E-state index is 16.3. The van der Waals surface area contributed by atoms with Crippen molar-refractivity contribution in [2.24, 2.45) is 7.05 Å². The molecule has 1 saturated heterocycles. The van der Waals surface area contributed by atoms with E-state index in [1.54, 1.807) is 35.9 Å². The average Bonchev–Trinajstić information content (AvgIpc) is 3.19. The summed E-state index contributed by atoms with van der Waals surface area (Å²) in [4.78, 5) is 20.0. The Labute approximate surface area is 228 Å². The molecule has 12 heteroatoms. The largest absolute Gasteiger partial charge is 0.380 e. The number of aliphatic hydroxyl groups is 1. The van der Waals surface area contributed by atoms with E-state index >= 15 is 8.78 Å². The first-order valence-electron chi connectivity index (χ1n) is 12.8.